The lowest BCUT2D eigenvalue weighted by atomic mass is 9.63. The first-order valence-electron chi connectivity index (χ1n) is 13.3. The van der Waals surface area contributed by atoms with Crippen LogP contribution in [0.4, 0.5) is 13.2 Å². The van der Waals surface area contributed by atoms with Gasteiger partial charge in [-0.3, -0.25) is 10.1 Å². The second-order valence-corrected chi connectivity index (χ2v) is 11.4. The Labute approximate surface area is 210 Å². The molecule has 1 N–H and O–H groups in total. The minimum absolute atomic E-state index is 0.0128. The van der Waals surface area contributed by atoms with Crippen LogP contribution in [0.1, 0.15) is 57.9 Å². The van der Waals surface area contributed by atoms with Crippen LogP contribution in [0.15, 0.2) is 36.4 Å². The van der Waals surface area contributed by atoms with Gasteiger partial charge in [0.2, 0.25) is 5.91 Å². The van der Waals surface area contributed by atoms with Gasteiger partial charge in [-0.15, -0.1) is 0 Å². The molecule has 2 bridgehead atoms. The quantitative estimate of drug-likeness (QED) is 0.507. The molecule has 7 heteroatoms. The number of ether oxygens (including phenoxy) is 1. The smallest absolute Gasteiger partial charge is 0.229 e. The number of carbonyl (C=O) groups excluding carboxylic acids is 1. The van der Waals surface area contributed by atoms with Crippen molar-refractivity contribution >= 4 is 5.91 Å². The fourth-order valence-corrected chi connectivity index (χ4v) is 6.61. The topological polar surface area (TPSA) is 44.9 Å². The van der Waals surface area contributed by atoms with Crippen LogP contribution in [0.25, 0.3) is 11.1 Å². The van der Waals surface area contributed by atoms with E-state index in [-0.39, 0.29) is 52.9 Å². The normalized spacial score (nSPS) is 32.0. The number of rotatable bonds is 7. The predicted octanol–water partition coefficient (Wildman–Crippen LogP) is 5.59. The van der Waals surface area contributed by atoms with Gasteiger partial charge >= 0.3 is 0 Å². The van der Waals surface area contributed by atoms with Crippen molar-refractivity contribution in [1.29, 1.82) is 0 Å². The minimum atomic E-state index is -0.744. The Hall–Kier alpha value is -2.38. The van der Waals surface area contributed by atoms with E-state index in [2.05, 4.69) is 24.1 Å². The largest absolute Gasteiger partial charge is 0.353 e. The number of hydrogen-bond donors (Lipinski definition) is 1. The summed E-state index contributed by atoms with van der Waals surface area (Å²) in [7, 11) is 0. The number of nitrogens with one attached hydrogen (secondary N) is 1. The molecule has 5 fully saturated rings. The third-order valence-electron chi connectivity index (χ3n) is 9.05. The number of amides is 1. The summed E-state index contributed by atoms with van der Waals surface area (Å²) in [6.07, 6.45) is 6.18. The van der Waals surface area contributed by atoms with E-state index >= 15 is 4.39 Å². The molecule has 1 amide bonds. The molecule has 5 aliphatic rings. The highest BCUT2D eigenvalue weighted by atomic mass is 19.1. The summed E-state index contributed by atoms with van der Waals surface area (Å²) in [6.45, 7) is 4.15. The molecular formula is C29H33F3N2O2. The summed E-state index contributed by atoms with van der Waals surface area (Å²) >= 11 is 0. The lowest BCUT2D eigenvalue weighted by molar-refractivity contribution is -0.165. The molecule has 2 saturated carbocycles. The SMILES string of the molecule is CCC1O[C@@H]1NC1C2CC(C2)N(C(=O)C2(C)CCC2)C1Cc1cccc(-c2cc(F)cc(F)c2)c1F. The second kappa shape index (κ2) is 8.88. The zero-order valence-corrected chi connectivity index (χ0v) is 20.8. The lowest BCUT2D eigenvalue weighted by Crippen LogP contribution is -2.72. The van der Waals surface area contributed by atoms with Gasteiger partial charge in [0.1, 0.15) is 23.7 Å². The molecule has 2 aliphatic carbocycles. The molecular weight excluding hydrogens is 465 g/mol. The van der Waals surface area contributed by atoms with Gasteiger partial charge in [-0.2, -0.15) is 0 Å². The average Bonchev–Trinajstić information content (AvgIpc) is 3.55. The highest BCUT2D eigenvalue weighted by molar-refractivity contribution is 5.84. The molecule has 7 rings (SSSR count). The van der Waals surface area contributed by atoms with Crippen molar-refractivity contribution in [3.05, 3.63) is 59.4 Å². The van der Waals surface area contributed by atoms with Crippen LogP contribution < -0.4 is 5.32 Å². The Morgan fingerprint density at radius 2 is 1.86 bits per heavy atom. The first-order valence-corrected chi connectivity index (χ1v) is 13.3. The van der Waals surface area contributed by atoms with Crippen LogP contribution >= 0.6 is 0 Å². The molecule has 0 radical (unpaired) electrons. The molecule has 36 heavy (non-hydrogen) atoms. The monoisotopic (exact) mass is 498 g/mol. The fourth-order valence-electron chi connectivity index (χ4n) is 6.61. The van der Waals surface area contributed by atoms with E-state index in [1.165, 1.54) is 0 Å². The van der Waals surface area contributed by atoms with Crippen LogP contribution in [0.3, 0.4) is 0 Å². The van der Waals surface area contributed by atoms with Crippen molar-refractivity contribution < 1.29 is 22.7 Å². The number of nitrogens with zero attached hydrogens (tertiary/aromatic N) is 1. The van der Waals surface area contributed by atoms with Gasteiger partial charge in [-0.25, -0.2) is 13.2 Å². The summed E-state index contributed by atoms with van der Waals surface area (Å²) < 4.78 is 49.4. The number of hydrogen-bond acceptors (Lipinski definition) is 3. The van der Waals surface area contributed by atoms with Gasteiger partial charge in [0.15, 0.2) is 0 Å². The predicted molar refractivity (Wildman–Crippen MR) is 130 cm³/mol. The van der Waals surface area contributed by atoms with E-state index in [9.17, 15) is 13.6 Å². The Balaban J connectivity index is 1.34. The summed E-state index contributed by atoms with van der Waals surface area (Å²) in [5, 5.41) is 3.67. The first-order chi connectivity index (χ1) is 17.3. The van der Waals surface area contributed by atoms with Gasteiger partial charge in [-0.05, 0) is 67.7 Å². The maximum absolute atomic E-state index is 15.8. The third-order valence-corrected chi connectivity index (χ3v) is 9.05. The lowest BCUT2D eigenvalue weighted by Gasteiger charge is -2.60. The Bertz CT molecular complexity index is 1160. The molecule has 0 aromatic heterocycles. The number of benzene rings is 2. The van der Waals surface area contributed by atoms with E-state index in [1.54, 1.807) is 18.2 Å². The van der Waals surface area contributed by atoms with Crippen LogP contribution in [-0.4, -0.2) is 41.3 Å². The van der Waals surface area contributed by atoms with Crippen molar-refractivity contribution in [2.75, 3.05) is 0 Å². The van der Waals surface area contributed by atoms with E-state index in [0.717, 1.165) is 56.7 Å². The van der Waals surface area contributed by atoms with Crippen LogP contribution in [-0.2, 0) is 16.0 Å². The van der Waals surface area contributed by atoms with Crippen LogP contribution in [0.5, 0.6) is 0 Å². The zero-order chi connectivity index (χ0) is 25.2. The first kappa shape index (κ1) is 24.0. The number of epoxide rings is 1. The highest BCUT2D eigenvalue weighted by Gasteiger charge is 2.57. The van der Waals surface area contributed by atoms with Crippen molar-refractivity contribution in [1.82, 2.24) is 10.2 Å². The summed E-state index contributed by atoms with van der Waals surface area (Å²) in [6, 6.07) is 8.06. The van der Waals surface area contributed by atoms with E-state index in [0.29, 0.717) is 17.9 Å². The Morgan fingerprint density at radius 3 is 2.47 bits per heavy atom. The summed E-state index contributed by atoms with van der Waals surface area (Å²) in [4.78, 5) is 15.9. The molecule has 2 aromatic rings. The summed E-state index contributed by atoms with van der Waals surface area (Å²) in [5.41, 5.74) is 0.444. The van der Waals surface area contributed by atoms with Crippen LogP contribution in [0.2, 0.25) is 0 Å². The molecule has 3 aliphatic heterocycles. The van der Waals surface area contributed by atoms with E-state index in [4.69, 9.17) is 4.74 Å². The van der Waals surface area contributed by atoms with E-state index in [1.807, 2.05) is 0 Å². The van der Waals surface area contributed by atoms with Crippen molar-refractivity contribution in [2.45, 2.75) is 89.3 Å². The maximum Gasteiger partial charge on any atom is 0.229 e. The highest BCUT2D eigenvalue weighted by Crippen LogP contribution is 2.50. The third kappa shape index (κ3) is 4.04. The van der Waals surface area contributed by atoms with Crippen molar-refractivity contribution in [3.63, 3.8) is 0 Å². The molecule has 3 saturated heterocycles. The Morgan fingerprint density at radius 1 is 1.14 bits per heavy atom. The van der Waals surface area contributed by atoms with Gasteiger partial charge in [0.05, 0.1) is 12.1 Å². The minimum Gasteiger partial charge on any atom is -0.353 e. The number of fused-ring (bicyclic) bond motifs is 2. The van der Waals surface area contributed by atoms with Gasteiger partial charge in [-0.1, -0.05) is 38.5 Å². The van der Waals surface area contributed by atoms with Crippen molar-refractivity contribution in [2.24, 2.45) is 11.3 Å². The molecule has 192 valence electrons. The van der Waals surface area contributed by atoms with Gasteiger partial charge in [0, 0.05) is 29.1 Å². The molecule has 4 atom stereocenters. The molecule has 3 unspecified atom stereocenters. The number of halogens is 3. The van der Waals surface area contributed by atoms with Crippen LogP contribution in [0, 0.1) is 28.8 Å². The maximum atomic E-state index is 15.8. The fraction of sp³-hybridized carbons (Fsp3) is 0.552. The summed E-state index contributed by atoms with van der Waals surface area (Å²) in [5.74, 6) is -1.37. The molecule has 4 nitrogen and oxygen atoms in total. The van der Waals surface area contributed by atoms with Crippen molar-refractivity contribution in [3.8, 4) is 11.1 Å². The standard InChI is InChI=1S/C29H33F3N2O2/c1-3-24-27(36-24)33-26-18-12-21(13-18)34(28(35)29(2)8-5-9-29)23(26)14-16-6-4-7-22(25(16)32)17-10-19(30)15-20(31)11-17/h4,6-7,10-11,15,18,21,23-24,26-27,33H,3,5,8-9,12-14H2,1-2H3/t18?,21?,23?,24?,26?,27-/m0/s1. The molecule has 3 heterocycles. The van der Waals surface area contributed by atoms with E-state index < -0.39 is 17.5 Å². The molecule has 2 aromatic carbocycles. The van der Waals surface area contributed by atoms with Gasteiger partial charge < -0.3 is 9.64 Å². The number of carbonyl (C=O) groups is 1. The Kier molecular flexibility index (Phi) is 5.91. The molecule has 0 spiro atoms. The zero-order valence-electron chi connectivity index (χ0n) is 20.8. The number of piperidine rings is 2. The van der Waals surface area contributed by atoms with Gasteiger partial charge in [0.25, 0.3) is 0 Å². The average molecular weight is 499 g/mol. The second-order valence-electron chi connectivity index (χ2n) is 11.4.